The second kappa shape index (κ2) is 11.5. The molecule has 0 bridgehead atoms. The molecule has 5 rings (SSSR count). The fraction of sp³-hybridized carbons (Fsp3) is 0.464. The number of ether oxygens (including phenoxy) is 1. The van der Waals surface area contributed by atoms with Crippen molar-refractivity contribution in [3.05, 3.63) is 64.7 Å². The maximum Gasteiger partial charge on any atom is 0.404 e. The van der Waals surface area contributed by atoms with E-state index in [0.29, 0.717) is 37.4 Å². The number of carbonyl (C=O) groups is 3. The monoisotopic (exact) mass is 593 g/mol. The molecule has 220 valence electrons. The number of hydrogen-bond donors (Lipinski definition) is 0. The first-order valence-electron chi connectivity index (χ1n) is 13.3. The number of alkyl halides is 3. The van der Waals surface area contributed by atoms with Gasteiger partial charge in [0.1, 0.15) is 18.1 Å². The third kappa shape index (κ3) is 6.79. The molecule has 2 heterocycles. The fourth-order valence-electron chi connectivity index (χ4n) is 5.53. The van der Waals surface area contributed by atoms with Crippen LogP contribution in [0.25, 0.3) is 0 Å². The first kappa shape index (κ1) is 29.2. The number of ketones is 2. The van der Waals surface area contributed by atoms with Gasteiger partial charge < -0.3 is 9.64 Å². The van der Waals surface area contributed by atoms with E-state index in [9.17, 15) is 36.0 Å². The number of amides is 1. The van der Waals surface area contributed by atoms with Crippen LogP contribution in [0.3, 0.4) is 0 Å². The summed E-state index contributed by atoms with van der Waals surface area (Å²) in [5.41, 5.74) is 3.07. The number of carbonyl (C=O) groups excluding carboxylic acids is 3. The lowest BCUT2D eigenvalue weighted by Crippen LogP contribution is -2.50. The van der Waals surface area contributed by atoms with Crippen LogP contribution in [-0.4, -0.2) is 84.1 Å². The molecule has 41 heavy (non-hydrogen) atoms. The highest BCUT2D eigenvalue weighted by Crippen LogP contribution is 2.34. The number of sulfonamides is 1. The maximum absolute atomic E-state index is 13.0. The van der Waals surface area contributed by atoms with E-state index in [1.165, 1.54) is 4.90 Å². The van der Waals surface area contributed by atoms with Crippen LogP contribution in [0.5, 0.6) is 5.75 Å². The molecule has 2 aromatic carbocycles. The van der Waals surface area contributed by atoms with Crippen LogP contribution in [-0.2, 0) is 39.3 Å². The topological polar surface area (TPSA) is 104 Å². The minimum Gasteiger partial charge on any atom is -0.489 e. The van der Waals surface area contributed by atoms with E-state index in [2.05, 4.69) is 0 Å². The average molecular weight is 594 g/mol. The number of Topliss-reactive ketones (excluding diaryl/α,β-unsaturated/α-hetero) is 2. The Morgan fingerprint density at radius 1 is 0.927 bits per heavy atom. The molecule has 1 amide bonds. The smallest absolute Gasteiger partial charge is 0.404 e. The molecule has 13 heteroatoms. The third-order valence-electron chi connectivity index (χ3n) is 7.66. The summed E-state index contributed by atoms with van der Waals surface area (Å²) in [5, 5.41) is 0. The van der Waals surface area contributed by atoms with E-state index in [1.54, 1.807) is 18.2 Å². The van der Waals surface area contributed by atoms with Crippen LogP contribution in [0.15, 0.2) is 42.5 Å². The highest BCUT2D eigenvalue weighted by Gasteiger charge is 2.41. The quantitative estimate of drug-likeness (QED) is 0.434. The van der Waals surface area contributed by atoms with E-state index in [4.69, 9.17) is 4.74 Å². The Morgan fingerprint density at radius 2 is 1.61 bits per heavy atom. The molecule has 0 spiro atoms. The first-order valence-corrected chi connectivity index (χ1v) is 15.0. The number of nitrogens with zero attached hydrogens (tertiary/aromatic N) is 3. The van der Waals surface area contributed by atoms with Crippen LogP contribution in [0, 0.1) is 0 Å². The fourth-order valence-corrected chi connectivity index (χ4v) is 6.84. The van der Waals surface area contributed by atoms with Crippen molar-refractivity contribution in [3.8, 4) is 5.75 Å². The molecule has 2 aromatic rings. The van der Waals surface area contributed by atoms with Crippen molar-refractivity contribution in [2.75, 3.05) is 31.9 Å². The lowest BCUT2D eigenvalue weighted by atomic mass is 9.92. The minimum absolute atomic E-state index is 0.0126. The minimum atomic E-state index is -4.77. The number of benzene rings is 2. The molecule has 3 aliphatic rings. The molecule has 0 N–H and O–H groups in total. The van der Waals surface area contributed by atoms with Gasteiger partial charge in [-0.25, -0.2) is 8.42 Å². The van der Waals surface area contributed by atoms with Crippen molar-refractivity contribution in [2.45, 2.75) is 51.2 Å². The summed E-state index contributed by atoms with van der Waals surface area (Å²) in [6, 6.07) is 12.3. The second-order valence-electron chi connectivity index (χ2n) is 10.6. The van der Waals surface area contributed by atoms with Gasteiger partial charge in [-0.15, -0.1) is 0 Å². The Hall–Kier alpha value is -3.29. The normalized spacial score (nSPS) is 20.9. The first-order chi connectivity index (χ1) is 19.4. The number of piperazine rings is 1. The summed E-state index contributed by atoms with van der Waals surface area (Å²) in [7, 11) is -4.37. The van der Waals surface area contributed by atoms with Crippen molar-refractivity contribution in [1.29, 1.82) is 0 Å². The zero-order chi connectivity index (χ0) is 29.4. The van der Waals surface area contributed by atoms with E-state index in [-0.39, 0.29) is 56.6 Å². The predicted molar refractivity (Wildman–Crippen MR) is 141 cm³/mol. The molecule has 9 nitrogen and oxygen atoms in total. The number of rotatable bonds is 8. The Balaban J connectivity index is 1.14. The number of fused-ring (bicyclic) bond motifs is 1. The molecular weight excluding hydrogens is 563 g/mol. The van der Waals surface area contributed by atoms with Gasteiger partial charge in [-0.05, 0) is 29.7 Å². The Labute approximate surface area is 235 Å². The van der Waals surface area contributed by atoms with Gasteiger partial charge in [0, 0.05) is 50.3 Å². The van der Waals surface area contributed by atoms with Gasteiger partial charge in [0.25, 0.3) is 5.91 Å². The molecule has 1 aliphatic carbocycles. The van der Waals surface area contributed by atoms with Crippen LogP contribution >= 0.6 is 0 Å². The molecular formula is C28H30F3N3O6S. The number of halogens is 3. The van der Waals surface area contributed by atoms with Gasteiger partial charge in [0.2, 0.25) is 10.0 Å². The largest absolute Gasteiger partial charge is 0.489 e. The highest BCUT2D eigenvalue weighted by atomic mass is 32.2. The molecule has 1 saturated carbocycles. The van der Waals surface area contributed by atoms with Crippen LogP contribution in [0.1, 0.15) is 46.3 Å². The third-order valence-corrected chi connectivity index (χ3v) is 9.51. The van der Waals surface area contributed by atoms with Gasteiger partial charge in [0.05, 0.1) is 19.0 Å². The van der Waals surface area contributed by atoms with E-state index in [0.717, 1.165) is 21.0 Å². The zero-order valence-corrected chi connectivity index (χ0v) is 23.0. The summed E-state index contributed by atoms with van der Waals surface area (Å²) < 4.78 is 68.7. The van der Waals surface area contributed by atoms with E-state index in [1.807, 2.05) is 29.2 Å². The zero-order valence-electron chi connectivity index (χ0n) is 22.2. The van der Waals surface area contributed by atoms with Gasteiger partial charge in [-0.2, -0.15) is 17.5 Å². The lowest BCUT2D eigenvalue weighted by Gasteiger charge is -2.34. The van der Waals surface area contributed by atoms with Gasteiger partial charge in [-0.3, -0.25) is 19.3 Å². The summed E-state index contributed by atoms with van der Waals surface area (Å²) in [5.74, 6) is -1.84. The predicted octanol–water partition coefficient (Wildman–Crippen LogP) is 2.92. The van der Waals surface area contributed by atoms with Crippen molar-refractivity contribution in [3.63, 3.8) is 0 Å². The molecule has 1 unspecified atom stereocenters. The van der Waals surface area contributed by atoms with Crippen LogP contribution in [0.2, 0.25) is 0 Å². The molecule has 1 atom stereocenters. The van der Waals surface area contributed by atoms with Crippen molar-refractivity contribution in [2.24, 2.45) is 0 Å². The van der Waals surface area contributed by atoms with Crippen LogP contribution < -0.4 is 4.74 Å². The molecule has 2 aliphatic heterocycles. The Kier molecular flexibility index (Phi) is 8.22. The summed E-state index contributed by atoms with van der Waals surface area (Å²) in [6.07, 6.45) is -4.27. The Bertz CT molecular complexity index is 1440. The van der Waals surface area contributed by atoms with Crippen molar-refractivity contribution in [1.82, 2.24) is 14.1 Å². The average Bonchev–Trinajstić information content (AvgIpc) is 3.24. The van der Waals surface area contributed by atoms with Crippen molar-refractivity contribution >= 4 is 27.5 Å². The summed E-state index contributed by atoms with van der Waals surface area (Å²) >= 11 is 0. The van der Waals surface area contributed by atoms with Crippen molar-refractivity contribution < 1.29 is 40.7 Å². The van der Waals surface area contributed by atoms with Gasteiger partial charge in [-0.1, -0.05) is 30.3 Å². The standard InChI is InChI=1S/C28H30F3N3O6S/c29-28(30,31)18-41(38,39)33-12-10-32(11-13-33)15-19-4-6-20(7-5-19)17-40-26-3-1-2-22-23(26)16-34(27(22)37)24-9-8-21(35)14-25(24)36/h1-7,24H,8-18H2. The van der Waals surface area contributed by atoms with Gasteiger partial charge in [0.15, 0.2) is 11.5 Å². The van der Waals surface area contributed by atoms with E-state index >= 15 is 0 Å². The Morgan fingerprint density at radius 3 is 2.27 bits per heavy atom. The lowest BCUT2D eigenvalue weighted by molar-refractivity contribution is -0.133. The summed E-state index contributed by atoms with van der Waals surface area (Å²) in [4.78, 5) is 40.6. The molecule has 0 radical (unpaired) electrons. The second-order valence-corrected chi connectivity index (χ2v) is 12.6. The van der Waals surface area contributed by atoms with E-state index < -0.39 is 28.0 Å². The SMILES string of the molecule is O=C1CCC(N2Cc3c(OCc4ccc(CN5CCN(S(=O)(=O)CC(F)(F)F)CC5)cc4)cccc3C2=O)C(=O)C1. The molecule has 2 fully saturated rings. The summed E-state index contributed by atoms with van der Waals surface area (Å²) in [6.45, 7) is 1.72. The highest BCUT2D eigenvalue weighted by molar-refractivity contribution is 7.89. The molecule has 1 saturated heterocycles. The molecule has 0 aromatic heterocycles. The van der Waals surface area contributed by atoms with Crippen LogP contribution in [0.4, 0.5) is 13.2 Å². The number of hydrogen-bond acceptors (Lipinski definition) is 7. The maximum atomic E-state index is 13.0. The van der Waals surface area contributed by atoms with Gasteiger partial charge >= 0.3 is 6.18 Å².